The molecule has 0 aliphatic carbocycles. The summed E-state index contributed by atoms with van der Waals surface area (Å²) in [4.78, 5) is 21.6. The van der Waals surface area contributed by atoms with Gasteiger partial charge in [-0.25, -0.2) is 0 Å². The van der Waals surface area contributed by atoms with Crippen molar-refractivity contribution in [2.45, 2.75) is 45.6 Å². The van der Waals surface area contributed by atoms with Gasteiger partial charge >= 0.3 is 11.9 Å². The van der Waals surface area contributed by atoms with Gasteiger partial charge in [0.15, 0.2) is 0 Å². The molecule has 0 aromatic heterocycles. The molecule has 98 valence electrons. The summed E-state index contributed by atoms with van der Waals surface area (Å²) in [5.74, 6) is -1.30. The Kier molecular flexibility index (Phi) is 4.51. The summed E-state index contributed by atoms with van der Waals surface area (Å²) in [6.07, 6.45) is 2.28. The number of nitrogens with one attached hydrogen (secondary N) is 1. The highest BCUT2D eigenvalue weighted by molar-refractivity contribution is 5.73. The number of hydrogen-bond donors (Lipinski definition) is 3. The first-order valence-electron chi connectivity index (χ1n) is 6.01. The molecule has 17 heavy (non-hydrogen) atoms. The number of carboxylic acid groups (broad SMARTS) is 2. The molecule has 0 aromatic carbocycles. The van der Waals surface area contributed by atoms with Gasteiger partial charge in [-0.1, -0.05) is 0 Å². The minimum absolute atomic E-state index is 0.125. The quantitative estimate of drug-likeness (QED) is 0.655. The van der Waals surface area contributed by atoms with Gasteiger partial charge in [0.05, 0.1) is 5.41 Å². The first-order valence-corrected chi connectivity index (χ1v) is 6.01. The molecule has 5 heteroatoms. The smallest absolute Gasteiger partial charge is 0.309 e. The van der Waals surface area contributed by atoms with E-state index >= 15 is 0 Å². The summed E-state index contributed by atoms with van der Waals surface area (Å²) < 4.78 is 0. The predicted octanol–water partition coefficient (Wildman–Crippen LogP) is 1.33. The molecule has 0 unspecified atom stereocenters. The van der Waals surface area contributed by atoms with Gasteiger partial charge in [-0.3, -0.25) is 9.59 Å². The molecule has 1 saturated heterocycles. The summed E-state index contributed by atoms with van der Waals surface area (Å²) >= 11 is 0. The third-order valence-electron chi connectivity index (χ3n) is 3.53. The second kappa shape index (κ2) is 5.49. The molecular formula is C12H21NO4. The maximum absolute atomic E-state index is 11.1. The Labute approximate surface area is 101 Å². The summed E-state index contributed by atoms with van der Waals surface area (Å²) in [5, 5.41) is 21.0. The molecule has 0 radical (unpaired) electrons. The highest BCUT2D eigenvalue weighted by atomic mass is 16.4. The fraction of sp³-hybridized carbons (Fsp3) is 0.833. The van der Waals surface area contributed by atoms with E-state index in [1.807, 2.05) is 0 Å². The third kappa shape index (κ3) is 4.00. The number of rotatable bonds is 6. The van der Waals surface area contributed by atoms with E-state index in [9.17, 15) is 9.59 Å². The minimum atomic E-state index is -0.803. The Morgan fingerprint density at radius 3 is 2.53 bits per heavy atom. The molecule has 1 heterocycles. The maximum Gasteiger partial charge on any atom is 0.309 e. The Hall–Kier alpha value is -1.10. The SMILES string of the molecule is CC(C)(C[C@H]1NCC[C@H]1CCC(=O)O)C(=O)O. The maximum atomic E-state index is 11.1. The van der Waals surface area contributed by atoms with Crippen LogP contribution in [0.2, 0.25) is 0 Å². The molecule has 1 aliphatic heterocycles. The molecule has 1 aliphatic rings. The zero-order valence-corrected chi connectivity index (χ0v) is 10.4. The van der Waals surface area contributed by atoms with Crippen molar-refractivity contribution in [3.8, 4) is 0 Å². The van der Waals surface area contributed by atoms with Crippen LogP contribution in [0.3, 0.4) is 0 Å². The number of hydrogen-bond acceptors (Lipinski definition) is 3. The van der Waals surface area contributed by atoms with Crippen LogP contribution in [0.1, 0.15) is 39.5 Å². The highest BCUT2D eigenvalue weighted by Gasteiger charge is 2.36. The normalized spacial score (nSPS) is 24.8. The van der Waals surface area contributed by atoms with Gasteiger partial charge in [-0.05, 0) is 45.6 Å². The fourth-order valence-electron chi connectivity index (χ4n) is 2.35. The summed E-state index contributed by atoms with van der Waals surface area (Å²) in [7, 11) is 0. The molecule has 5 nitrogen and oxygen atoms in total. The van der Waals surface area contributed by atoms with E-state index in [-0.39, 0.29) is 18.4 Å². The average Bonchev–Trinajstić information content (AvgIpc) is 2.61. The lowest BCUT2D eigenvalue weighted by Gasteiger charge is -2.27. The molecule has 0 saturated carbocycles. The van der Waals surface area contributed by atoms with Gasteiger partial charge in [-0.15, -0.1) is 0 Å². The van der Waals surface area contributed by atoms with Crippen molar-refractivity contribution in [1.29, 1.82) is 0 Å². The lowest BCUT2D eigenvalue weighted by atomic mass is 9.81. The van der Waals surface area contributed by atoms with Crippen LogP contribution in [0.25, 0.3) is 0 Å². The van der Waals surface area contributed by atoms with Crippen LogP contribution in [-0.4, -0.2) is 34.7 Å². The predicted molar refractivity (Wildman–Crippen MR) is 62.8 cm³/mol. The van der Waals surface area contributed by atoms with Crippen LogP contribution in [0.5, 0.6) is 0 Å². The molecule has 1 rings (SSSR count). The fourth-order valence-corrected chi connectivity index (χ4v) is 2.35. The zero-order chi connectivity index (χ0) is 13.1. The van der Waals surface area contributed by atoms with Gasteiger partial charge < -0.3 is 15.5 Å². The average molecular weight is 243 g/mol. The zero-order valence-electron chi connectivity index (χ0n) is 10.4. The lowest BCUT2D eigenvalue weighted by Crippen LogP contribution is -2.36. The Balaban J connectivity index is 2.52. The molecule has 0 aromatic rings. The van der Waals surface area contributed by atoms with E-state index in [0.29, 0.717) is 12.8 Å². The molecule has 1 fully saturated rings. The van der Waals surface area contributed by atoms with Crippen LogP contribution >= 0.6 is 0 Å². The van der Waals surface area contributed by atoms with Crippen molar-refractivity contribution in [3.05, 3.63) is 0 Å². The molecule has 0 spiro atoms. The van der Waals surface area contributed by atoms with Crippen LogP contribution < -0.4 is 5.32 Å². The van der Waals surface area contributed by atoms with Gasteiger partial charge in [0.2, 0.25) is 0 Å². The van der Waals surface area contributed by atoms with E-state index in [4.69, 9.17) is 10.2 Å². The molecule has 0 bridgehead atoms. The van der Waals surface area contributed by atoms with Crippen molar-refractivity contribution in [2.75, 3.05) is 6.54 Å². The van der Waals surface area contributed by atoms with E-state index in [1.165, 1.54) is 0 Å². The first-order chi connectivity index (χ1) is 7.83. The Bertz CT molecular complexity index is 301. The minimum Gasteiger partial charge on any atom is -0.481 e. The van der Waals surface area contributed by atoms with Gasteiger partial charge in [0.1, 0.15) is 0 Å². The van der Waals surface area contributed by atoms with E-state index in [1.54, 1.807) is 13.8 Å². The van der Waals surface area contributed by atoms with Gasteiger partial charge in [0, 0.05) is 12.5 Å². The Morgan fingerprint density at radius 1 is 1.35 bits per heavy atom. The van der Waals surface area contributed by atoms with Gasteiger partial charge in [-0.2, -0.15) is 0 Å². The molecule has 3 N–H and O–H groups in total. The topological polar surface area (TPSA) is 86.6 Å². The Morgan fingerprint density at radius 2 is 2.00 bits per heavy atom. The second-order valence-electron chi connectivity index (χ2n) is 5.43. The van der Waals surface area contributed by atoms with E-state index < -0.39 is 17.4 Å². The molecule has 0 amide bonds. The number of aliphatic carboxylic acids is 2. The number of carboxylic acids is 2. The largest absolute Gasteiger partial charge is 0.481 e. The summed E-state index contributed by atoms with van der Waals surface area (Å²) in [6, 6.07) is 0.125. The summed E-state index contributed by atoms with van der Waals surface area (Å²) in [5.41, 5.74) is -0.760. The number of carbonyl (C=O) groups is 2. The van der Waals surface area contributed by atoms with E-state index in [0.717, 1.165) is 13.0 Å². The molecule has 2 atom stereocenters. The van der Waals surface area contributed by atoms with Crippen LogP contribution in [0, 0.1) is 11.3 Å². The first kappa shape index (κ1) is 14.0. The third-order valence-corrected chi connectivity index (χ3v) is 3.53. The molecular weight excluding hydrogens is 222 g/mol. The summed E-state index contributed by atoms with van der Waals surface area (Å²) in [6.45, 7) is 4.28. The van der Waals surface area contributed by atoms with Crippen LogP contribution in [0.15, 0.2) is 0 Å². The van der Waals surface area contributed by atoms with Crippen molar-refractivity contribution >= 4 is 11.9 Å². The van der Waals surface area contributed by atoms with Crippen molar-refractivity contribution < 1.29 is 19.8 Å². The lowest BCUT2D eigenvalue weighted by molar-refractivity contribution is -0.147. The van der Waals surface area contributed by atoms with Crippen molar-refractivity contribution in [2.24, 2.45) is 11.3 Å². The highest BCUT2D eigenvalue weighted by Crippen LogP contribution is 2.31. The van der Waals surface area contributed by atoms with Crippen LogP contribution in [0.4, 0.5) is 0 Å². The van der Waals surface area contributed by atoms with Crippen LogP contribution in [-0.2, 0) is 9.59 Å². The van der Waals surface area contributed by atoms with Crippen molar-refractivity contribution in [1.82, 2.24) is 5.32 Å². The monoisotopic (exact) mass is 243 g/mol. The van der Waals surface area contributed by atoms with E-state index in [2.05, 4.69) is 5.32 Å². The van der Waals surface area contributed by atoms with Crippen molar-refractivity contribution in [3.63, 3.8) is 0 Å². The standard InChI is InChI=1S/C12H21NO4/c1-12(2,11(16)17)7-9-8(5-6-13-9)3-4-10(14)15/h8-9,13H,3-7H2,1-2H3,(H,14,15)(H,16,17)/t8-,9-/m1/s1. The van der Waals surface area contributed by atoms with Gasteiger partial charge in [0.25, 0.3) is 0 Å². The second-order valence-corrected chi connectivity index (χ2v) is 5.43.